The van der Waals surface area contributed by atoms with E-state index in [1.54, 1.807) is 18.6 Å². The summed E-state index contributed by atoms with van der Waals surface area (Å²) in [5.41, 5.74) is 1.09. The Kier molecular flexibility index (Phi) is 5.31. The van der Waals surface area contributed by atoms with E-state index in [0.29, 0.717) is 17.8 Å². The lowest BCUT2D eigenvalue weighted by molar-refractivity contribution is 0.0735. The minimum Gasteiger partial charge on any atom is -0.391 e. The van der Waals surface area contributed by atoms with Crippen LogP contribution in [0.1, 0.15) is 44.1 Å². The largest absolute Gasteiger partial charge is 0.391 e. The maximum absolute atomic E-state index is 10.6. The van der Waals surface area contributed by atoms with Gasteiger partial charge in [0, 0.05) is 44.1 Å². The quantitative estimate of drug-likeness (QED) is 0.835. The fraction of sp³-hybridized carbons (Fsp3) is 0.600. The highest BCUT2D eigenvalue weighted by atomic mass is 16.3. The Morgan fingerprint density at radius 3 is 2.70 bits per heavy atom. The number of aliphatic hydroxyl groups is 1. The third-order valence-electron chi connectivity index (χ3n) is 5.75. The molecule has 3 heterocycles. The molecule has 7 heteroatoms. The van der Waals surface area contributed by atoms with Crippen molar-refractivity contribution in [2.45, 2.75) is 51.3 Å². The molecule has 7 nitrogen and oxygen atoms in total. The zero-order valence-corrected chi connectivity index (χ0v) is 16.0. The van der Waals surface area contributed by atoms with Gasteiger partial charge in [-0.15, -0.1) is 0 Å². The van der Waals surface area contributed by atoms with E-state index in [0.717, 1.165) is 49.8 Å². The number of hydrogen-bond donors (Lipinski definition) is 2. The summed E-state index contributed by atoms with van der Waals surface area (Å²) in [5, 5.41) is 14.0. The first-order valence-electron chi connectivity index (χ1n) is 9.83. The highest BCUT2D eigenvalue weighted by molar-refractivity contribution is 5.32. The SMILES string of the molecule is CC(C)c1nccc(CN2C[C@H]3C[C@@H](Nc4cnccn4)[C@H](O)C[C@H]3C2)n1. The molecule has 2 N–H and O–H groups in total. The lowest BCUT2D eigenvalue weighted by Gasteiger charge is -2.35. The van der Waals surface area contributed by atoms with E-state index < -0.39 is 0 Å². The summed E-state index contributed by atoms with van der Waals surface area (Å²) in [6, 6.07) is 2.05. The Balaban J connectivity index is 1.37. The summed E-state index contributed by atoms with van der Waals surface area (Å²) in [6.07, 6.45) is 8.35. The van der Waals surface area contributed by atoms with Crippen LogP contribution in [0.25, 0.3) is 0 Å². The van der Waals surface area contributed by atoms with E-state index in [1.807, 2.05) is 12.3 Å². The van der Waals surface area contributed by atoms with Gasteiger partial charge in [0.05, 0.1) is 24.0 Å². The number of rotatable bonds is 5. The van der Waals surface area contributed by atoms with E-state index in [2.05, 4.69) is 39.0 Å². The predicted octanol–water partition coefficient (Wildman–Crippen LogP) is 2.07. The third-order valence-corrected chi connectivity index (χ3v) is 5.75. The van der Waals surface area contributed by atoms with E-state index in [1.165, 1.54) is 0 Å². The van der Waals surface area contributed by atoms with E-state index in [4.69, 9.17) is 4.98 Å². The zero-order chi connectivity index (χ0) is 18.8. The number of anilines is 1. The van der Waals surface area contributed by atoms with E-state index >= 15 is 0 Å². The van der Waals surface area contributed by atoms with Crippen LogP contribution in [0, 0.1) is 11.8 Å². The van der Waals surface area contributed by atoms with Crippen LogP contribution in [0.5, 0.6) is 0 Å². The number of hydrogen-bond acceptors (Lipinski definition) is 7. The van der Waals surface area contributed by atoms with Crippen LogP contribution in [0.4, 0.5) is 5.82 Å². The van der Waals surface area contributed by atoms with Crippen molar-refractivity contribution in [3.63, 3.8) is 0 Å². The number of fused-ring (bicyclic) bond motifs is 1. The predicted molar refractivity (Wildman–Crippen MR) is 103 cm³/mol. The van der Waals surface area contributed by atoms with Gasteiger partial charge in [0.15, 0.2) is 0 Å². The number of nitrogens with one attached hydrogen (secondary N) is 1. The molecule has 0 aromatic carbocycles. The van der Waals surface area contributed by atoms with Crippen LogP contribution >= 0.6 is 0 Å². The van der Waals surface area contributed by atoms with Crippen LogP contribution in [0.3, 0.4) is 0 Å². The van der Waals surface area contributed by atoms with Crippen LogP contribution in [-0.4, -0.2) is 55.2 Å². The second kappa shape index (κ2) is 7.86. The van der Waals surface area contributed by atoms with Gasteiger partial charge in [-0.05, 0) is 30.7 Å². The molecule has 2 fully saturated rings. The van der Waals surface area contributed by atoms with Crippen molar-refractivity contribution in [1.82, 2.24) is 24.8 Å². The van der Waals surface area contributed by atoms with E-state index in [-0.39, 0.29) is 12.1 Å². The van der Waals surface area contributed by atoms with Crippen LogP contribution in [0.2, 0.25) is 0 Å². The average molecular weight is 368 g/mol. The number of nitrogens with zero attached hydrogens (tertiary/aromatic N) is 5. The van der Waals surface area contributed by atoms with Crippen molar-refractivity contribution < 1.29 is 5.11 Å². The number of likely N-dealkylation sites (tertiary alicyclic amines) is 1. The van der Waals surface area contributed by atoms with Gasteiger partial charge in [-0.3, -0.25) is 9.88 Å². The number of aromatic nitrogens is 4. The van der Waals surface area contributed by atoms with Gasteiger partial charge < -0.3 is 10.4 Å². The molecule has 144 valence electrons. The summed E-state index contributed by atoms with van der Waals surface area (Å²) >= 11 is 0. The molecular formula is C20H28N6O. The van der Waals surface area contributed by atoms with Crippen molar-refractivity contribution in [3.05, 3.63) is 42.4 Å². The fourth-order valence-electron chi connectivity index (χ4n) is 4.38. The van der Waals surface area contributed by atoms with Gasteiger partial charge in [-0.2, -0.15) is 0 Å². The van der Waals surface area contributed by atoms with Crippen LogP contribution < -0.4 is 5.32 Å². The van der Waals surface area contributed by atoms with Gasteiger partial charge in [0.2, 0.25) is 0 Å². The highest BCUT2D eigenvalue weighted by Gasteiger charge is 2.41. The molecule has 4 atom stereocenters. The molecule has 1 saturated heterocycles. The maximum Gasteiger partial charge on any atom is 0.144 e. The molecule has 27 heavy (non-hydrogen) atoms. The highest BCUT2D eigenvalue weighted by Crippen LogP contribution is 2.37. The Morgan fingerprint density at radius 2 is 1.96 bits per heavy atom. The lowest BCUT2D eigenvalue weighted by atomic mass is 9.77. The van der Waals surface area contributed by atoms with Gasteiger partial charge in [0.1, 0.15) is 11.6 Å². The standard InChI is InChI=1S/C20H28N6O/c1-13(2)20-23-4-3-16(24-20)12-26-10-14-7-17(18(27)8-15(14)11-26)25-19-9-21-5-6-22-19/h3-6,9,13-15,17-18,27H,7-8,10-12H2,1-2H3,(H,22,25)/t14-,15+,17-,18-/m1/s1. The maximum atomic E-state index is 10.6. The second-order valence-corrected chi connectivity index (χ2v) is 8.16. The van der Waals surface area contributed by atoms with Crippen LogP contribution in [0.15, 0.2) is 30.9 Å². The van der Waals surface area contributed by atoms with Crippen LogP contribution in [-0.2, 0) is 6.54 Å². The molecule has 2 aromatic rings. The van der Waals surface area contributed by atoms with Crippen molar-refractivity contribution in [2.75, 3.05) is 18.4 Å². The molecule has 1 aliphatic carbocycles. The van der Waals surface area contributed by atoms with Gasteiger partial charge in [0.25, 0.3) is 0 Å². The zero-order valence-electron chi connectivity index (χ0n) is 16.0. The Bertz CT molecular complexity index is 755. The summed E-state index contributed by atoms with van der Waals surface area (Å²) in [4.78, 5) is 19.9. The van der Waals surface area contributed by atoms with Gasteiger partial charge >= 0.3 is 0 Å². The number of aliphatic hydroxyl groups excluding tert-OH is 1. The normalized spacial score (nSPS) is 28.3. The smallest absolute Gasteiger partial charge is 0.144 e. The third kappa shape index (κ3) is 4.25. The molecule has 2 aromatic heterocycles. The summed E-state index contributed by atoms with van der Waals surface area (Å²) in [7, 11) is 0. The fourth-order valence-corrected chi connectivity index (χ4v) is 4.38. The minimum atomic E-state index is -0.347. The molecule has 1 aliphatic heterocycles. The Labute approximate surface area is 160 Å². The first-order chi connectivity index (χ1) is 13.1. The molecule has 0 unspecified atom stereocenters. The Morgan fingerprint density at radius 1 is 1.15 bits per heavy atom. The Hall–Kier alpha value is -2.12. The average Bonchev–Trinajstić information content (AvgIpc) is 3.04. The summed E-state index contributed by atoms with van der Waals surface area (Å²) in [6.45, 7) is 7.18. The molecule has 4 rings (SSSR count). The first kappa shape index (κ1) is 18.3. The topological polar surface area (TPSA) is 87.1 Å². The summed E-state index contributed by atoms with van der Waals surface area (Å²) < 4.78 is 0. The monoisotopic (exact) mass is 368 g/mol. The molecule has 0 spiro atoms. The molecule has 0 radical (unpaired) electrons. The minimum absolute atomic E-state index is 0.0366. The van der Waals surface area contributed by atoms with Crippen molar-refractivity contribution in [1.29, 1.82) is 0 Å². The lowest BCUT2D eigenvalue weighted by Crippen LogP contribution is -2.43. The molecule has 0 amide bonds. The molecular weight excluding hydrogens is 340 g/mol. The van der Waals surface area contributed by atoms with Crippen molar-refractivity contribution in [2.24, 2.45) is 11.8 Å². The second-order valence-electron chi connectivity index (χ2n) is 8.16. The van der Waals surface area contributed by atoms with Gasteiger partial charge in [-0.1, -0.05) is 13.8 Å². The molecule has 1 saturated carbocycles. The molecule has 0 bridgehead atoms. The first-order valence-corrected chi connectivity index (χ1v) is 9.83. The van der Waals surface area contributed by atoms with Crippen molar-refractivity contribution in [3.8, 4) is 0 Å². The summed E-state index contributed by atoms with van der Waals surface area (Å²) in [5.74, 6) is 3.12. The van der Waals surface area contributed by atoms with Gasteiger partial charge in [-0.25, -0.2) is 15.0 Å². The van der Waals surface area contributed by atoms with E-state index in [9.17, 15) is 5.11 Å². The molecule has 2 aliphatic rings. The van der Waals surface area contributed by atoms with Crippen molar-refractivity contribution >= 4 is 5.82 Å².